The molecule has 0 aliphatic rings. The van der Waals surface area contributed by atoms with E-state index in [-0.39, 0.29) is 13.0 Å². The normalized spacial score (nSPS) is 11.5. The molecule has 0 radical (unpaired) electrons. The summed E-state index contributed by atoms with van der Waals surface area (Å²) in [5, 5.41) is 0.407. The second-order valence-electron chi connectivity index (χ2n) is 3.00. The highest BCUT2D eigenvalue weighted by atomic mass is 35.5. The summed E-state index contributed by atoms with van der Waals surface area (Å²) in [5.74, 6) is 0.418. The average Bonchev–Trinajstić information content (AvgIpc) is 2.13. The Morgan fingerprint density at radius 1 is 1.20 bits per heavy atom. The van der Waals surface area contributed by atoms with Gasteiger partial charge in [-0.25, -0.2) is 0 Å². The van der Waals surface area contributed by atoms with Crippen molar-refractivity contribution in [1.82, 2.24) is 0 Å². The van der Waals surface area contributed by atoms with E-state index in [0.717, 1.165) is 0 Å². The lowest BCUT2D eigenvalue weighted by Crippen LogP contribution is -2.09. The van der Waals surface area contributed by atoms with Gasteiger partial charge < -0.3 is 4.74 Å². The summed E-state index contributed by atoms with van der Waals surface area (Å²) in [7, 11) is 0. The first-order valence-corrected chi connectivity index (χ1v) is 4.81. The van der Waals surface area contributed by atoms with E-state index in [9.17, 15) is 13.2 Å². The van der Waals surface area contributed by atoms with Crippen molar-refractivity contribution >= 4 is 11.6 Å². The number of ether oxygens (including phenoxy) is 1. The maximum atomic E-state index is 11.8. The van der Waals surface area contributed by atoms with Crippen molar-refractivity contribution in [3.63, 3.8) is 0 Å². The Labute approximate surface area is 90.8 Å². The molecule has 0 spiro atoms. The van der Waals surface area contributed by atoms with Crippen molar-refractivity contribution in [1.29, 1.82) is 0 Å². The predicted molar refractivity (Wildman–Crippen MR) is 52.2 cm³/mol. The van der Waals surface area contributed by atoms with Gasteiger partial charge in [0.2, 0.25) is 0 Å². The minimum atomic E-state index is -4.12. The monoisotopic (exact) mass is 238 g/mol. The quantitative estimate of drug-likeness (QED) is 0.719. The molecule has 0 N–H and O–H groups in total. The molecule has 1 aromatic carbocycles. The van der Waals surface area contributed by atoms with E-state index >= 15 is 0 Å². The first-order valence-electron chi connectivity index (χ1n) is 4.43. The molecule has 0 aliphatic carbocycles. The zero-order valence-electron chi connectivity index (χ0n) is 7.85. The summed E-state index contributed by atoms with van der Waals surface area (Å²) >= 11 is 5.75. The van der Waals surface area contributed by atoms with Gasteiger partial charge in [0.15, 0.2) is 0 Å². The van der Waals surface area contributed by atoms with Crippen LogP contribution in [-0.4, -0.2) is 12.8 Å². The van der Waals surface area contributed by atoms with Crippen molar-refractivity contribution in [2.45, 2.75) is 19.0 Å². The molecule has 1 aromatic rings. The highest BCUT2D eigenvalue weighted by Gasteiger charge is 2.26. The second kappa shape index (κ2) is 5.26. The van der Waals surface area contributed by atoms with Crippen LogP contribution in [-0.2, 0) is 0 Å². The molecule has 0 atom stereocenters. The molecular formula is C10H10ClF3O. The molecule has 0 unspecified atom stereocenters. The fraction of sp³-hybridized carbons (Fsp3) is 0.400. The van der Waals surface area contributed by atoms with Gasteiger partial charge in [-0.15, -0.1) is 0 Å². The number of hydrogen-bond donors (Lipinski definition) is 0. The van der Waals surface area contributed by atoms with Crippen LogP contribution in [0, 0.1) is 0 Å². The van der Waals surface area contributed by atoms with Gasteiger partial charge >= 0.3 is 6.18 Å². The molecule has 15 heavy (non-hydrogen) atoms. The lowest BCUT2D eigenvalue weighted by Gasteiger charge is -2.08. The van der Waals surface area contributed by atoms with Crippen LogP contribution in [0.4, 0.5) is 13.2 Å². The van der Waals surface area contributed by atoms with Crippen LogP contribution in [0.15, 0.2) is 24.3 Å². The van der Waals surface area contributed by atoms with E-state index in [2.05, 4.69) is 0 Å². The maximum absolute atomic E-state index is 11.8. The van der Waals surface area contributed by atoms with Gasteiger partial charge in [0.05, 0.1) is 11.6 Å². The van der Waals surface area contributed by atoms with Crippen LogP contribution in [0.3, 0.4) is 0 Å². The summed E-state index contributed by atoms with van der Waals surface area (Å²) in [4.78, 5) is 0. The summed E-state index contributed by atoms with van der Waals surface area (Å²) in [5.41, 5.74) is 0. The van der Waals surface area contributed by atoms with Gasteiger partial charge in [0.25, 0.3) is 0 Å². The van der Waals surface area contributed by atoms with Crippen molar-refractivity contribution in [2.24, 2.45) is 0 Å². The number of benzene rings is 1. The van der Waals surface area contributed by atoms with Gasteiger partial charge in [-0.3, -0.25) is 0 Å². The fourth-order valence-corrected chi connectivity index (χ4v) is 1.21. The van der Waals surface area contributed by atoms with Crippen LogP contribution in [0.1, 0.15) is 12.8 Å². The third kappa shape index (κ3) is 4.93. The van der Waals surface area contributed by atoms with Crippen molar-refractivity contribution in [3.05, 3.63) is 29.3 Å². The van der Waals surface area contributed by atoms with Gasteiger partial charge in [-0.05, 0) is 18.6 Å². The number of halogens is 4. The smallest absolute Gasteiger partial charge is 0.389 e. The summed E-state index contributed by atoms with van der Waals surface area (Å²) < 4.78 is 40.4. The molecular weight excluding hydrogens is 229 g/mol. The Kier molecular flexibility index (Phi) is 4.27. The molecule has 0 aliphatic heterocycles. The lowest BCUT2D eigenvalue weighted by atomic mass is 10.3. The van der Waals surface area contributed by atoms with Crippen molar-refractivity contribution in [3.8, 4) is 5.75 Å². The number of hydrogen-bond acceptors (Lipinski definition) is 1. The second-order valence-corrected chi connectivity index (χ2v) is 3.40. The predicted octanol–water partition coefficient (Wildman–Crippen LogP) is 4.06. The van der Waals surface area contributed by atoms with Crippen LogP contribution in [0.5, 0.6) is 5.75 Å². The standard InChI is InChI=1S/C10H10ClF3O/c11-8-4-1-2-5-9(8)15-7-3-6-10(12,13)14/h1-2,4-5H,3,6-7H2. The molecule has 0 heterocycles. The Balaban J connectivity index is 2.30. The summed E-state index contributed by atoms with van der Waals surface area (Å²) in [6.45, 7) is 0.0171. The van der Waals surface area contributed by atoms with Crippen LogP contribution < -0.4 is 4.74 Å². The number of alkyl halides is 3. The highest BCUT2D eigenvalue weighted by Crippen LogP contribution is 2.25. The molecule has 0 fully saturated rings. The summed E-state index contributed by atoms with van der Waals surface area (Å²) in [6.07, 6.45) is -5.02. The van der Waals surface area contributed by atoms with Crippen molar-refractivity contribution < 1.29 is 17.9 Å². The van der Waals surface area contributed by atoms with E-state index in [0.29, 0.717) is 10.8 Å². The van der Waals surface area contributed by atoms with E-state index in [4.69, 9.17) is 16.3 Å². The van der Waals surface area contributed by atoms with Crippen LogP contribution in [0.2, 0.25) is 5.02 Å². The molecule has 0 saturated carbocycles. The Morgan fingerprint density at radius 3 is 2.47 bits per heavy atom. The lowest BCUT2D eigenvalue weighted by molar-refractivity contribution is -0.136. The van der Waals surface area contributed by atoms with Crippen LogP contribution >= 0.6 is 11.6 Å². The van der Waals surface area contributed by atoms with E-state index in [1.807, 2.05) is 0 Å². The SMILES string of the molecule is FC(F)(F)CCCOc1ccccc1Cl. The first-order chi connectivity index (χ1) is 6.99. The van der Waals surface area contributed by atoms with Gasteiger partial charge in [0.1, 0.15) is 5.75 Å². The Bertz CT molecular complexity index is 312. The largest absolute Gasteiger partial charge is 0.492 e. The van der Waals surface area contributed by atoms with Crippen LogP contribution in [0.25, 0.3) is 0 Å². The van der Waals surface area contributed by atoms with Gasteiger partial charge in [-0.2, -0.15) is 13.2 Å². The topological polar surface area (TPSA) is 9.23 Å². The van der Waals surface area contributed by atoms with E-state index in [1.165, 1.54) is 0 Å². The summed E-state index contributed by atoms with van der Waals surface area (Å²) in [6, 6.07) is 6.69. The first kappa shape index (κ1) is 12.2. The molecule has 5 heteroatoms. The molecule has 0 aromatic heterocycles. The third-order valence-electron chi connectivity index (χ3n) is 1.70. The molecule has 0 amide bonds. The molecule has 0 bridgehead atoms. The highest BCUT2D eigenvalue weighted by molar-refractivity contribution is 6.32. The van der Waals surface area contributed by atoms with Crippen molar-refractivity contribution in [2.75, 3.05) is 6.61 Å². The number of para-hydroxylation sites is 1. The molecule has 0 saturated heterocycles. The molecule has 1 nitrogen and oxygen atoms in total. The van der Waals surface area contributed by atoms with E-state index in [1.54, 1.807) is 24.3 Å². The van der Waals surface area contributed by atoms with Gasteiger partial charge in [-0.1, -0.05) is 23.7 Å². The number of rotatable bonds is 4. The average molecular weight is 239 g/mol. The minimum absolute atomic E-state index is 0.0171. The van der Waals surface area contributed by atoms with E-state index < -0.39 is 12.6 Å². The zero-order valence-corrected chi connectivity index (χ0v) is 8.61. The third-order valence-corrected chi connectivity index (χ3v) is 2.01. The zero-order chi connectivity index (χ0) is 11.3. The Hall–Kier alpha value is -0.900. The molecule has 84 valence electrons. The Morgan fingerprint density at radius 2 is 1.87 bits per heavy atom. The minimum Gasteiger partial charge on any atom is -0.492 e. The fourth-order valence-electron chi connectivity index (χ4n) is 1.02. The molecule has 1 rings (SSSR count). The van der Waals surface area contributed by atoms with Gasteiger partial charge in [0, 0.05) is 6.42 Å². The maximum Gasteiger partial charge on any atom is 0.389 e.